The van der Waals surface area contributed by atoms with E-state index in [0.29, 0.717) is 0 Å². The van der Waals surface area contributed by atoms with Gasteiger partial charge in [-0.3, -0.25) is 11.3 Å². The van der Waals surface area contributed by atoms with Gasteiger partial charge in [-0.15, -0.1) is 11.3 Å². The van der Waals surface area contributed by atoms with Gasteiger partial charge >= 0.3 is 0 Å². The number of nitrogens with zero attached hydrogens (tertiary/aromatic N) is 1. The summed E-state index contributed by atoms with van der Waals surface area (Å²) >= 11 is 1.65. The second kappa shape index (κ2) is 6.08. The van der Waals surface area contributed by atoms with Crippen LogP contribution in [0.2, 0.25) is 0 Å². The van der Waals surface area contributed by atoms with Gasteiger partial charge in [0.25, 0.3) is 0 Å². The van der Waals surface area contributed by atoms with Gasteiger partial charge in [0.2, 0.25) is 0 Å². The summed E-state index contributed by atoms with van der Waals surface area (Å²) in [5, 5.41) is 3.12. The van der Waals surface area contributed by atoms with Gasteiger partial charge in [0.15, 0.2) is 0 Å². The Bertz CT molecular complexity index is 264. The van der Waals surface area contributed by atoms with Crippen molar-refractivity contribution in [2.75, 3.05) is 13.7 Å². The smallest absolute Gasteiger partial charge is 0.0898 e. The molecular formula is C9H17N3OS. The van der Waals surface area contributed by atoms with Crippen LogP contribution in [0.5, 0.6) is 0 Å². The molecule has 1 unspecified atom stereocenters. The van der Waals surface area contributed by atoms with E-state index in [4.69, 9.17) is 10.6 Å². The number of rotatable bonds is 6. The fraction of sp³-hybridized carbons (Fsp3) is 0.667. The molecule has 1 atom stereocenters. The number of nitrogens with one attached hydrogen (secondary N) is 1. The molecule has 3 N–H and O–H groups in total. The molecule has 1 heterocycles. The van der Waals surface area contributed by atoms with Crippen molar-refractivity contribution in [3.63, 3.8) is 0 Å². The molecule has 14 heavy (non-hydrogen) atoms. The van der Waals surface area contributed by atoms with E-state index in [1.165, 1.54) is 0 Å². The molecule has 0 fully saturated rings. The number of hydrogen-bond donors (Lipinski definition) is 2. The molecule has 1 aromatic rings. The summed E-state index contributed by atoms with van der Waals surface area (Å²) < 4.78 is 4.99. The number of hydrazine groups is 1. The number of methoxy groups -OCH3 is 1. The molecule has 0 saturated heterocycles. The summed E-state index contributed by atoms with van der Waals surface area (Å²) in [5.74, 6) is 5.47. The maximum atomic E-state index is 5.47. The monoisotopic (exact) mass is 215 g/mol. The van der Waals surface area contributed by atoms with Crippen LogP contribution in [0.3, 0.4) is 0 Å². The zero-order chi connectivity index (χ0) is 10.4. The standard InChI is InChI=1S/C9H17N3OS/c1-7-11-9(6-14-7)8(12-10)4-3-5-13-2/h6,8,12H,3-5,10H2,1-2H3. The van der Waals surface area contributed by atoms with E-state index in [-0.39, 0.29) is 6.04 Å². The Morgan fingerprint density at radius 2 is 2.50 bits per heavy atom. The van der Waals surface area contributed by atoms with E-state index in [0.717, 1.165) is 30.2 Å². The summed E-state index contributed by atoms with van der Waals surface area (Å²) in [6.07, 6.45) is 1.94. The van der Waals surface area contributed by atoms with Gasteiger partial charge in [0, 0.05) is 19.1 Å². The first kappa shape index (κ1) is 11.6. The first-order chi connectivity index (χ1) is 6.77. The highest BCUT2D eigenvalue weighted by Crippen LogP contribution is 2.19. The maximum Gasteiger partial charge on any atom is 0.0898 e. The van der Waals surface area contributed by atoms with Gasteiger partial charge in [-0.05, 0) is 19.8 Å². The number of hydrogen-bond acceptors (Lipinski definition) is 5. The molecule has 1 rings (SSSR count). The van der Waals surface area contributed by atoms with Gasteiger partial charge < -0.3 is 4.74 Å². The summed E-state index contributed by atoms with van der Waals surface area (Å²) in [4.78, 5) is 4.40. The van der Waals surface area contributed by atoms with E-state index in [1.54, 1.807) is 18.4 Å². The Balaban J connectivity index is 2.45. The third-order valence-corrected chi connectivity index (χ3v) is 2.83. The molecule has 0 aliphatic carbocycles. The third-order valence-electron chi connectivity index (χ3n) is 2.04. The van der Waals surface area contributed by atoms with Crippen LogP contribution in [-0.2, 0) is 4.74 Å². The van der Waals surface area contributed by atoms with E-state index >= 15 is 0 Å². The molecule has 1 aromatic heterocycles. The second-order valence-corrected chi connectivity index (χ2v) is 4.21. The number of aryl methyl sites for hydroxylation is 1. The highest BCUT2D eigenvalue weighted by atomic mass is 32.1. The summed E-state index contributed by atoms with van der Waals surface area (Å²) in [6, 6.07) is 0.148. The Morgan fingerprint density at radius 1 is 1.71 bits per heavy atom. The number of aromatic nitrogens is 1. The van der Waals surface area contributed by atoms with Crippen LogP contribution in [0.4, 0.5) is 0 Å². The first-order valence-electron chi connectivity index (χ1n) is 4.65. The Labute approximate surface area is 88.5 Å². The molecule has 0 bridgehead atoms. The molecule has 4 nitrogen and oxygen atoms in total. The lowest BCUT2D eigenvalue weighted by molar-refractivity contribution is 0.188. The molecule has 0 amide bonds. The van der Waals surface area contributed by atoms with Crippen LogP contribution >= 0.6 is 11.3 Å². The van der Waals surface area contributed by atoms with Crippen molar-refractivity contribution in [1.82, 2.24) is 10.4 Å². The fourth-order valence-electron chi connectivity index (χ4n) is 1.29. The van der Waals surface area contributed by atoms with Gasteiger partial charge in [-0.2, -0.15) is 0 Å². The topological polar surface area (TPSA) is 60.2 Å². The average molecular weight is 215 g/mol. The van der Waals surface area contributed by atoms with E-state index < -0.39 is 0 Å². The van der Waals surface area contributed by atoms with Crippen molar-refractivity contribution in [2.45, 2.75) is 25.8 Å². The second-order valence-electron chi connectivity index (χ2n) is 3.15. The first-order valence-corrected chi connectivity index (χ1v) is 5.53. The largest absolute Gasteiger partial charge is 0.385 e. The van der Waals surface area contributed by atoms with Crippen LogP contribution in [0.1, 0.15) is 29.6 Å². The van der Waals surface area contributed by atoms with Gasteiger partial charge in [0.05, 0.1) is 16.7 Å². The molecule has 0 saturated carbocycles. The van der Waals surface area contributed by atoms with Crippen molar-refractivity contribution >= 4 is 11.3 Å². The van der Waals surface area contributed by atoms with Crippen LogP contribution < -0.4 is 11.3 Å². The molecule has 0 spiro atoms. The fourth-order valence-corrected chi connectivity index (χ4v) is 1.95. The van der Waals surface area contributed by atoms with Gasteiger partial charge in [-0.25, -0.2) is 4.98 Å². The summed E-state index contributed by atoms with van der Waals surface area (Å²) in [5.41, 5.74) is 3.81. The van der Waals surface area contributed by atoms with Crippen LogP contribution in [0.25, 0.3) is 0 Å². The molecule has 80 valence electrons. The Morgan fingerprint density at radius 3 is 3.00 bits per heavy atom. The van der Waals surface area contributed by atoms with Crippen LogP contribution in [0.15, 0.2) is 5.38 Å². The molecule has 0 radical (unpaired) electrons. The maximum absolute atomic E-state index is 5.47. The zero-order valence-electron chi connectivity index (χ0n) is 8.62. The van der Waals surface area contributed by atoms with Crippen molar-refractivity contribution in [3.8, 4) is 0 Å². The lowest BCUT2D eigenvalue weighted by Crippen LogP contribution is -2.28. The van der Waals surface area contributed by atoms with E-state index in [1.807, 2.05) is 12.3 Å². The quantitative estimate of drug-likeness (QED) is 0.427. The van der Waals surface area contributed by atoms with Crippen molar-refractivity contribution < 1.29 is 4.74 Å². The summed E-state index contributed by atoms with van der Waals surface area (Å²) in [6.45, 7) is 2.76. The average Bonchev–Trinajstić information content (AvgIpc) is 2.60. The zero-order valence-corrected chi connectivity index (χ0v) is 9.43. The lowest BCUT2D eigenvalue weighted by atomic mass is 10.1. The lowest BCUT2D eigenvalue weighted by Gasteiger charge is -2.12. The van der Waals surface area contributed by atoms with E-state index in [9.17, 15) is 0 Å². The highest BCUT2D eigenvalue weighted by Gasteiger charge is 2.11. The minimum Gasteiger partial charge on any atom is -0.385 e. The number of thiazole rings is 1. The number of nitrogens with two attached hydrogens (primary N) is 1. The van der Waals surface area contributed by atoms with Gasteiger partial charge in [-0.1, -0.05) is 0 Å². The third kappa shape index (κ3) is 3.34. The Kier molecular flexibility index (Phi) is 5.03. The molecule has 0 aliphatic rings. The van der Waals surface area contributed by atoms with Crippen molar-refractivity contribution in [2.24, 2.45) is 5.84 Å². The SMILES string of the molecule is COCCCC(NN)c1csc(C)n1. The predicted octanol–water partition coefficient (Wildman–Crippen LogP) is 1.38. The van der Waals surface area contributed by atoms with Crippen molar-refractivity contribution in [3.05, 3.63) is 16.1 Å². The molecular weight excluding hydrogens is 198 g/mol. The van der Waals surface area contributed by atoms with Crippen LogP contribution in [-0.4, -0.2) is 18.7 Å². The van der Waals surface area contributed by atoms with Gasteiger partial charge in [0.1, 0.15) is 0 Å². The van der Waals surface area contributed by atoms with Crippen LogP contribution in [0, 0.1) is 6.92 Å². The highest BCUT2D eigenvalue weighted by molar-refractivity contribution is 7.09. The van der Waals surface area contributed by atoms with Crippen molar-refractivity contribution in [1.29, 1.82) is 0 Å². The molecule has 0 aromatic carbocycles. The Hall–Kier alpha value is -0.490. The summed E-state index contributed by atoms with van der Waals surface area (Å²) in [7, 11) is 1.71. The van der Waals surface area contributed by atoms with E-state index in [2.05, 4.69) is 10.4 Å². The predicted molar refractivity (Wildman–Crippen MR) is 58.0 cm³/mol. The number of ether oxygens (including phenoxy) is 1. The molecule has 0 aliphatic heterocycles. The minimum absolute atomic E-state index is 0.148. The normalized spacial score (nSPS) is 13.1. The molecule has 5 heteroatoms. The minimum atomic E-state index is 0.148.